The van der Waals surface area contributed by atoms with Gasteiger partial charge in [0, 0.05) is 11.8 Å². The van der Waals surface area contributed by atoms with Crippen LogP contribution in [-0.2, 0) is 9.59 Å². The predicted octanol–water partition coefficient (Wildman–Crippen LogP) is 5.90. The quantitative estimate of drug-likeness (QED) is 0.213. The molecule has 8 nitrogen and oxygen atoms in total. The van der Waals surface area contributed by atoms with Crippen LogP contribution in [0.4, 0.5) is 0 Å². The molecule has 1 aliphatic heterocycles. The normalized spacial score (nSPS) is 20.5. The van der Waals surface area contributed by atoms with E-state index >= 15 is 0 Å². The summed E-state index contributed by atoms with van der Waals surface area (Å²) in [4.78, 5) is 26.7. The Bertz CT molecular complexity index is 1560. The van der Waals surface area contributed by atoms with Crippen molar-refractivity contribution in [2.75, 3.05) is 21.0 Å². The molecule has 0 radical (unpaired) electrons. The molecule has 208 valence electrons. The molecular weight excluding hydrogens is 524 g/mol. The number of carbonyl (C=O) groups is 2. The zero-order valence-electron chi connectivity index (χ0n) is 22.5. The molecule has 0 spiro atoms. The smallest absolute Gasteiger partial charge is 0.315 e. The van der Waals surface area contributed by atoms with Gasteiger partial charge >= 0.3 is 11.9 Å². The molecule has 4 aromatic carbocycles. The third kappa shape index (κ3) is 4.71. The first-order chi connectivity index (χ1) is 20.0. The summed E-state index contributed by atoms with van der Waals surface area (Å²) >= 11 is 0. The van der Waals surface area contributed by atoms with Crippen molar-refractivity contribution in [1.29, 1.82) is 0 Å². The average molecular weight is 553 g/mol. The molecule has 1 fully saturated rings. The number of carbonyl (C=O) groups excluding carboxylic acids is 1. The number of methoxy groups -OCH3 is 2. The lowest BCUT2D eigenvalue weighted by atomic mass is 9.52. The van der Waals surface area contributed by atoms with Crippen molar-refractivity contribution in [2.24, 2.45) is 11.8 Å². The Morgan fingerprint density at radius 2 is 1.32 bits per heavy atom. The molecule has 0 saturated heterocycles. The van der Waals surface area contributed by atoms with E-state index < -0.39 is 35.6 Å². The second kappa shape index (κ2) is 10.9. The van der Waals surface area contributed by atoms with Crippen LogP contribution in [-0.4, -0.2) is 38.1 Å². The number of carboxylic acids is 1. The molecule has 0 bridgehead atoms. The molecule has 0 aromatic heterocycles. The Kier molecular flexibility index (Phi) is 6.97. The molecule has 0 amide bonds. The van der Waals surface area contributed by atoms with Crippen molar-refractivity contribution in [3.8, 4) is 39.9 Å². The molecule has 1 heterocycles. The number of ether oxygens (including phenoxy) is 5. The first-order valence-corrected chi connectivity index (χ1v) is 13.2. The summed E-state index contributed by atoms with van der Waals surface area (Å²) in [6.07, 6.45) is 0. The minimum atomic E-state index is -1.01. The van der Waals surface area contributed by atoms with Gasteiger partial charge in [-0.2, -0.15) is 0 Å². The van der Waals surface area contributed by atoms with Crippen LogP contribution in [0.2, 0.25) is 0 Å². The maximum atomic E-state index is 14.0. The highest BCUT2D eigenvalue weighted by Gasteiger charge is 2.60. The Hall–Kier alpha value is -4.98. The lowest BCUT2D eigenvalue weighted by molar-refractivity contribution is -0.158. The lowest BCUT2D eigenvalue weighted by Crippen LogP contribution is -2.52. The van der Waals surface area contributed by atoms with Crippen LogP contribution in [0.1, 0.15) is 23.0 Å². The van der Waals surface area contributed by atoms with Crippen LogP contribution in [0.5, 0.6) is 28.7 Å². The van der Waals surface area contributed by atoms with E-state index in [4.69, 9.17) is 23.7 Å². The van der Waals surface area contributed by atoms with Crippen molar-refractivity contribution in [3.05, 3.63) is 102 Å². The first kappa shape index (κ1) is 26.3. The summed E-state index contributed by atoms with van der Waals surface area (Å²) in [5.74, 6) is -1.89. The van der Waals surface area contributed by atoms with Gasteiger partial charge in [-0.15, -0.1) is 0 Å². The highest BCUT2D eigenvalue weighted by Crippen LogP contribution is 2.60. The summed E-state index contributed by atoms with van der Waals surface area (Å²) in [5.41, 5.74) is 2.99. The number of esters is 1. The first-order valence-electron chi connectivity index (χ1n) is 13.2. The van der Waals surface area contributed by atoms with E-state index in [-0.39, 0.29) is 6.79 Å². The van der Waals surface area contributed by atoms with Gasteiger partial charge in [0.05, 0.1) is 26.1 Å². The third-order valence-corrected chi connectivity index (χ3v) is 7.86. The third-order valence-electron chi connectivity index (χ3n) is 7.86. The lowest BCUT2D eigenvalue weighted by Gasteiger charge is -2.49. The summed E-state index contributed by atoms with van der Waals surface area (Å²) in [5, 5.41) is 10.4. The number of fused-ring (bicyclic) bond motifs is 1. The van der Waals surface area contributed by atoms with Gasteiger partial charge < -0.3 is 28.8 Å². The second-order valence-electron chi connectivity index (χ2n) is 9.94. The molecule has 2 aliphatic rings. The molecule has 1 N–H and O–H groups in total. The van der Waals surface area contributed by atoms with Crippen molar-refractivity contribution in [1.82, 2.24) is 0 Å². The fourth-order valence-corrected chi connectivity index (χ4v) is 6.01. The van der Waals surface area contributed by atoms with Crippen molar-refractivity contribution in [2.45, 2.75) is 11.8 Å². The molecule has 6 rings (SSSR count). The van der Waals surface area contributed by atoms with Gasteiger partial charge in [0.15, 0.2) is 11.5 Å². The van der Waals surface area contributed by atoms with Crippen LogP contribution in [0, 0.1) is 11.8 Å². The molecule has 4 atom stereocenters. The van der Waals surface area contributed by atoms with Gasteiger partial charge in [0.1, 0.15) is 17.2 Å². The molecule has 1 saturated carbocycles. The maximum absolute atomic E-state index is 14.0. The summed E-state index contributed by atoms with van der Waals surface area (Å²) in [6.45, 7) is 0.176. The standard InChI is InChI=1S/C33H28O8/c1-37-24-12-5-3-10-22(24)28-30(32(34)35)29(23-11-4-6-13-25(23)38-2)31(28)33(36)41-21-9-7-8-19(16-21)20-14-15-26-27(17-20)40-18-39-26/h3-17,28-31H,18H2,1-2H3,(H,34,35)/t28-,29?,30?,31?/m1/s1. The summed E-state index contributed by atoms with van der Waals surface area (Å²) in [7, 11) is 3.06. The van der Waals surface area contributed by atoms with Crippen LogP contribution in [0.3, 0.4) is 0 Å². The molecular formula is C33H28O8. The van der Waals surface area contributed by atoms with E-state index in [1.54, 1.807) is 42.5 Å². The van der Waals surface area contributed by atoms with E-state index in [0.717, 1.165) is 11.1 Å². The largest absolute Gasteiger partial charge is 0.496 e. The van der Waals surface area contributed by atoms with Crippen LogP contribution >= 0.6 is 0 Å². The van der Waals surface area contributed by atoms with Crippen molar-refractivity contribution >= 4 is 11.9 Å². The van der Waals surface area contributed by atoms with Crippen molar-refractivity contribution in [3.63, 3.8) is 0 Å². The number of hydrogen-bond donors (Lipinski definition) is 1. The van der Waals surface area contributed by atoms with E-state index in [1.807, 2.05) is 48.5 Å². The van der Waals surface area contributed by atoms with Crippen LogP contribution in [0.25, 0.3) is 11.1 Å². The van der Waals surface area contributed by atoms with E-state index in [2.05, 4.69) is 0 Å². The minimum Gasteiger partial charge on any atom is -0.496 e. The Labute approximate surface area is 237 Å². The van der Waals surface area contributed by atoms with Gasteiger partial charge in [0.25, 0.3) is 0 Å². The number of carboxylic acid groups (broad SMARTS) is 1. The highest BCUT2D eigenvalue weighted by atomic mass is 16.7. The SMILES string of the molecule is COc1ccccc1C1C(C(=O)O)[C@@H](c2ccccc2OC)C1C(=O)Oc1cccc(-c2ccc3c(c2)OCO3)c1. The van der Waals surface area contributed by atoms with Gasteiger partial charge in [-0.1, -0.05) is 54.6 Å². The van der Waals surface area contributed by atoms with Gasteiger partial charge in [-0.05, 0) is 58.7 Å². The molecule has 41 heavy (non-hydrogen) atoms. The van der Waals surface area contributed by atoms with Gasteiger partial charge in [-0.25, -0.2) is 0 Å². The highest BCUT2D eigenvalue weighted by molar-refractivity contribution is 5.86. The molecule has 3 unspecified atom stereocenters. The maximum Gasteiger partial charge on any atom is 0.315 e. The Morgan fingerprint density at radius 3 is 1.95 bits per heavy atom. The Morgan fingerprint density at radius 1 is 0.707 bits per heavy atom. The summed E-state index contributed by atoms with van der Waals surface area (Å²) < 4.78 is 28.0. The van der Waals surface area contributed by atoms with E-state index in [9.17, 15) is 14.7 Å². The number of hydrogen-bond acceptors (Lipinski definition) is 7. The van der Waals surface area contributed by atoms with E-state index in [1.165, 1.54) is 14.2 Å². The number of benzene rings is 4. The molecule has 4 aromatic rings. The van der Waals surface area contributed by atoms with Crippen LogP contribution in [0.15, 0.2) is 91.0 Å². The second-order valence-corrected chi connectivity index (χ2v) is 9.94. The summed E-state index contributed by atoms with van der Waals surface area (Å²) in [6, 6.07) is 27.2. The zero-order chi connectivity index (χ0) is 28.5. The topological polar surface area (TPSA) is 101 Å². The number of aliphatic carboxylic acids is 1. The minimum absolute atomic E-state index is 0.176. The van der Waals surface area contributed by atoms with E-state index in [0.29, 0.717) is 39.9 Å². The number of rotatable bonds is 8. The van der Waals surface area contributed by atoms with Gasteiger partial charge in [-0.3, -0.25) is 9.59 Å². The average Bonchev–Trinajstić information content (AvgIpc) is 3.45. The fraction of sp³-hybridized carbons (Fsp3) is 0.212. The Balaban J connectivity index is 1.37. The van der Waals surface area contributed by atoms with Gasteiger partial charge in [0.2, 0.25) is 6.79 Å². The fourth-order valence-electron chi connectivity index (χ4n) is 6.01. The zero-order valence-corrected chi connectivity index (χ0v) is 22.5. The van der Waals surface area contributed by atoms with Crippen LogP contribution < -0.4 is 23.7 Å². The van der Waals surface area contributed by atoms with Crippen molar-refractivity contribution < 1.29 is 38.4 Å². The molecule has 1 aliphatic carbocycles. The monoisotopic (exact) mass is 552 g/mol. The number of para-hydroxylation sites is 2. The predicted molar refractivity (Wildman–Crippen MR) is 150 cm³/mol. The molecule has 8 heteroatoms.